The highest BCUT2D eigenvalue weighted by atomic mass is 32.1. The minimum Gasteiger partial charge on any atom is -0.480 e. The number of carboxylic acid groups (broad SMARTS) is 1. The van der Waals surface area contributed by atoms with Gasteiger partial charge in [-0.15, -0.1) is 0 Å². The molecule has 29 heavy (non-hydrogen) atoms. The molecule has 0 heterocycles. The van der Waals surface area contributed by atoms with Crippen molar-refractivity contribution in [2.24, 2.45) is 5.92 Å². The SMILES string of the molecule is CC(CCS)C(C(=O)O)N(c1ccccc1)c1cccc2c1Cc1ccccc1-2. The Morgan fingerprint density at radius 2 is 1.69 bits per heavy atom. The second-order valence-electron chi connectivity index (χ2n) is 7.62. The molecule has 2 unspecified atom stereocenters. The van der Waals surface area contributed by atoms with Crippen LogP contribution in [0.5, 0.6) is 0 Å². The molecule has 3 aromatic rings. The molecule has 2 atom stereocenters. The van der Waals surface area contributed by atoms with Gasteiger partial charge in [0.25, 0.3) is 0 Å². The maximum absolute atomic E-state index is 12.5. The fraction of sp³-hybridized carbons (Fsp3) is 0.240. The zero-order chi connectivity index (χ0) is 20.4. The highest BCUT2D eigenvalue weighted by Crippen LogP contribution is 2.44. The summed E-state index contributed by atoms with van der Waals surface area (Å²) in [4.78, 5) is 14.5. The number of benzene rings is 3. The van der Waals surface area contributed by atoms with Gasteiger partial charge in [-0.2, -0.15) is 12.6 Å². The first kappa shape index (κ1) is 19.6. The molecular formula is C25H25NO2S. The number of para-hydroxylation sites is 1. The minimum atomic E-state index is -0.809. The van der Waals surface area contributed by atoms with Crippen LogP contribution >= 0.6 is 12.6 Å². The third-order valence-electron chi connectivity index (χ3n) is 5.77. The molecule has 0 spiro atoms. The van der Waals surface area contributed by atoms with Gasteiger partial charge in [-0.1, -0.05) is 61.5 Å². The van der Waals surface area contributed by atoms with Gasteiger partial charge in [-0.25, -0.2) is 4.79 Å². The number of fused-ring (bicyclic) bond motifs is 3. The van der Waals surface area contributed by atoms with E-state index in [2.05, 4.69) is 49.0 Å². The third-order valence-corrected chi connectivity index (χ3v) is 6.03. The maximum atomic E-state index is 12.5. The number of anilines is 2. The van der Waals surface area contributed by atoms with Crippen molar-refractivity contribution in [2.75, 3.05) is 10.7 Å². The van der Waals surface area contributed by atoms with E-state index in [0.29, 0.717) is 5.75 Å². The first-order chi connectivity index (χ1) is 14.1. The van der Waals surface area contributed by atoms with Crippen molar-refractivity contribution < 1.29 is 9.90 Å². The average Bonchev–Trinajstić information content (AvgIpc) is 3.11. The molecule has 1 aliphatic rings. The van der Waals surface area contributed by atoms with Gasteiger partial charge in [0.05, 0.1) is 0 Å². The van der Waals surface area contributed by atoms with Crippen molar-refractivity contribution >= 4 is 30.0 Å². The maximum Gasteiger partial charge on any atom is 0.326 e. The molecule has 3 nitrogen and oxygen atoms in total. The molecule has 4 heteroatoms. The van der Waals surface area contributed by atoms with Crippen LogP contribution < -0.4 is 4.90 Å². The zero-order valence-electron chi connectivity index (χ0n) is 16.5. The Morgan fingerprint density at radius 3 is 2.41 bits per heavy atom. The molecular weight excluding hydrogens is 378 g/mol. The number of hydrogen-bond donors (Lipinski definition) is 2. The van der Waals surface area contributed by atoms with E-state index in [-0.39, 0.29) is 5.92 Å². The van der Waals surface area contributed by atoms with Crippen molar-refractivity contribution in [3.63, 3.8) is 0 Å². The van der Waals surface area contributed by atoms with Crippen LogP contribution in [-0.2, 0) is 11.2 Å². The number of carbonyl (C=O) groups is 1. The largest absolute Gasteiger partial charge is 0.480 e. The number of aliphatic carboxylic acids is 1. The van der Waals surface area contributed by atoms with Crippen LogP contribution in [0.3, 0.4) is 0 Å². The Morgan fingerprint density at radius 1 is 1.00 bits per heavy atom. The Kier molecular flexibility index (Phi) is 5.63. The van der Waals surface area contributed by atoms with Crippen LogP contribution in [-0.4, -0.2) is 22.9 Å². The third kappa shape index (κ3) is 3.65. The molecule has 0 aliphatic heterocycles. The fourth-order valence-electron chi connectivity index (χ4n) is 4.37. The van der Waals surface area contributed by atoms with E-state index in [9.17, 15) is 9.90 Å². The number of thiol groups is 1. The van der Waals surface area contributed by atoms with Crippen LogP contribution in [0.4, 0.5) is 11.4 Å². The van der Waals surface area contributed by atoms with Crippen LogP contribution in [0.25, 0.3) is 11.1 Å². The molecule has 0 saturated heterocycles. The summed E-state index contributed by atoms with van der Waals surface area (Å²) in [5.41, 5.74) is 6.80. The summed E-state index contributed by atoms with van der Waals surface area (Å²) >= 11 is 4.35. The lowest BCUT2D eigenvalue weighted by atomic mass is 9.94. The Labute approximate surface area is 177 Å². The van der Waals surface area contributed by atoms with Crippen molar-refractivity contribution in [3.8, 4) is 11.1 Å². The smallest absolute Gasteiger partial charge is 0.326 e. The highest BCUT2D eigenvalue weighted by molar-refractivity contribution is 7.80. The van der Waals surface area contributed by atoms with E-state index in [1.165, 1.54) is 22.3 Å². The standard InChI is InChI=1S/C25H25NO2S/c1-17(14-15-29)24(25(27)28)26(19-9-3-2-4-10-19)23-13-7-12-21-20-11-6-5-8-18(20)16-22(21)23/h2-13,17,24,29H,14-16H2,1H3,(H,27,28). The Hall–Kier alpha value is -2.72. The van der Waals surface area contributed by atoms with Gasteiger partial charge in [0.15, 0.2) is 0 Å². The lowest BCUT2D eigenvalue weighted by Crippen LogP contribution is -2.43. The van der Waals surface area contributed by atoms with Gasteiger partial charge < -0.3 is 10.0 Å². The summed E-state index contributed by atoms with van der Waals surface area (Å²) in [6.07, 6.45) is 1.55. The van der Waals surface area contributed by atoms with E-state index >= 15 is 0 Å². The van der Waals surface area contributed by atoms with Crippen molar-refractivity contribution in [3.05, 3.63) is 83.9 Å². The molecule has 0 bridgehead atoms. The summed E-state index contributed by atoms with van der Waals surface area (Å²) in [6, 6.07) is 23.9. The van der Waals surface area contributed by atoms with Crippen molar-refractivity contribution in [1.82, 2.24) is 0 Å². The lowest BCUT2D eigenvalue weighted by Gasteiger charge is -2.36. The molecule has 3 aromatic carbocycles. The minimum absolute atomic E-state index is 0.0511. The van der Waals surface area contributed by atoms with E-state index < -0.39 is 12.0 Å². The van der Waals surface area contributed by atoms with Crippen molar-refractivity contribution in [2.45, 2.75) is 25.8 Å². The summed E-state index contributed by atoms with van der Waals surface area (Å²) in [6.45, 7) is 2.00. The molecule has 0 aromatic heterocycles. The normalized spacial score (nSPS) is 14.0. The second kappa shape index (κ2) is 8.34. The number of rotatable bonds is 7. The summed E-state index contributed by atoms with van der Waals surface area (Å²) in [5.74, 6) is -0.201. The molecule has 0 saturated carbocycles. The summed E-state index contributed by atoms with van der Waals surface area (Å²) in [7, 11) is 0. The molecule has 1 aliphatic carbocycles. The molecule has 0 radical (unpaired) electrons. The molecule has 4 rings (SSSR count). The van der Waals surface area contributed by atoms with E-state index in [4.69, 9.17) is 0 Å². The number of hydrogen-bond acceptors (Lipinski definition) is 3. The van der Waals surface area contributed by atoms with Gasteiger partial charge in [-0.05, 0) is 58.5 Å². The van der Waals surface area contributed by atoms with Crippen LogP contribution in [0, 0.1) is 5.92 Å². The first-order valence-electron chi connectivity index (χ1n) is 10.00. The topological polar surface area (TPSA) is 40.5 Å². The van der Waals surface area contributed by atoms with Crippen molar-refractivity contribution in [1.29, 1.82) is 0 Å². The highest BCUT2D eigenvalue weighted by Gasteiger charge is 2.34. The first-order valence-corrected chi connectivity index (χ1v) is 10.6. The van der Waals surface area contributed by atoms with Gasteiger partial charge in [0, 0.05) is 17.8 Å². The molecule has 0 amide bonds. The summed E-state index contributed by atoms with van der Waals surface area (Å²) < 4.78 is 0. The van der Waals surface area contributed by atoms with Crippen LogP contribution in [0.15, 0.2) is 72.8 Å². The fourth-order valence-corrected chi connectivity index (χ4v) is 4.78. The zero-order valence-corrected chi connectivity index (χ0v) is 17.3. The average molecular weight is 404 g/mol. The van der Waals surface area contributed by atoms with Crippen LogP contribution in [0.2, 0.25) is 0 Å². The van der Waals surface area contributed by atoms with Gasteiger partial charge in [-0.3, -0.25) is 0 Å². The predicted octanol–water partition coefficient (Wildman–Crippen LogP) is 5.81. The molecule has 148 valence electrons. The number of carboxylic acids is 1. The van der Waals surface area contributed by atoms with Gasteiger partial charge in [0.2, 0.25) is 0 Å². The lowest BCUT2D eigenvalue weighted by molar-refractivity contribution is -0.139. The Bertz CT molecular complexity index is 1020. The Balaban J connectivity index is 1.89. The van der Waals surface area contributed by atoms with E-state index in [0.717, 1.165) is 24.2 Å². The summed E-state index contributed by atoms with van der Waals surface area (Å²) in [5, 5.41) is 10.2. The quantitative estimate of drug-likeness (QED) is 0.383. The molecule has 0 fully saturated rings. The van der Waals surface area contributed by atoms with Gasteiger partial charge in [0.1, 0.15) is 6.04 Å². The van der Waals surface area contributed by atoms with E-state index in [1.807, 2.05) is 48.2 Å². The van der Waals surface area contributed by atoms with E-state index in [1.54, 1.807) is 0 Å². The van der Waals surface area contributed by atoms with Crippen LogP contribution in [0.1, 0.15) is 24.5 Å². The van der Waals surface area contributed by atoms with Gasteiger partial charge >= 0.3 is 5.97 Å². The number of nitrogens with zero attached hydrogens (tertiary/aromatic N) is 1. The molecule has 1 N–H and O–H groups in total. The second-order valence-corrected chi connectivity index (χ2v) is 8.06. The monoisotopic (exact) mass is 403 g/mol. The predicted molar refractivity (Wildman–Crippen MR) is 122 cm³/mol.